The zero-order valence-corrected chi connectivity index (χ0v) is 16.6. The van der Waals surface area contributed by atoms with Gasteiger partial charge in [-0.15, -0.1) is 34.2 Å². The molecule has 0 aromatic carbocycles. The van der Waals surface area contributed by atoms with E-state index in [1.165, 1.54) is 0 Å². The summed E-state index contributed by atoms with van der Waals surface area (Å²) < 4.78 is 7.57. The van der Waals surface area contributed by atoms with Crippen LogP contribution in [-0.2, 0) is 13.6 Å². The van der Waals surface area contributed by atoms with Gasteiger partial charge in [-0.05, 0) is 39.8 Å². The van der Waals surface area contributed by atoms with Gasteiger partial charge < -0.3 is 19.6 Å². The average molecular weight is 432 g/mol. The lowest BCUT2D eigenvalue weighted by Crippen LogP contribution is -2.38. The summed E-state index contributed by atoms with van der Waals surface area (Å²) in [4.78, 5) is 4.56. The van der Waals surface area contributed by atoms with Gasteiger partial charge in [0.15, 0.2) is 11.8 Å². The Morgan fingerprint density at radius 1 is 1.35 bits per heavy atom. The average Bonchev–Trinajstić information content (AvgIpc) is 3.05. The van der Waals surface area contributed by atoms with Crippen LogP contribution in [0.25, 0.3) is 0 Å². The predicted octanol–water partition coefficient (Wildman–Crippen LogP) is 2.46. The molecule has 2 aromatic heterocycles. The molecule has 2 rings (SSSR count). The van der Waals surface area contributed by atoms with E-state index in [2.05, 4.69) is 25.8 Å². The molecule has 0 bridgehead atoms. The first-order chi connectivity index (χ1) is 10.5. The zero-order chi connectivity index (χ0) is 16.1. The van der Waals surface area contributed by atoms with Crippen molar-refractivity contribution in [1.82, 2.24) is 25.4 Å². The minimum Gasteiger partial charge on any atom is -0.464 e. The van der Waals surface area contributed by atoms with Crippen LogP contribution in [-0.4, -0.2) is 27.3 Å². The van der Waals surface area contributed by atoms with Gasteiger partial charge in [0.25, 0.3) is 0 Å². The maximum atomic E-state index is 5.64. The fourth-order valence-corrected chi connectivity index (χ4v) is 2.02. The van der Waals surface area contributed by atoms with Crippen LogP contribution in [0.15, 0.2) is 21.5 Å². The minimum absolute atomic E-state index is 0. The van der Waals surface area contributed by atoms with Crippen molar-refractivity contribution in [1.29, 1.82) is 0 Å². The molecule has 0 aliphatic carbocycles. The van der Waals surface area contributed by atoms with Crippen LogP contribution in [0.1, 0.15) is 43.1 Å². The van der Waals surface area contributed by atoms with Crippen LogP contribution < -0.4 is 10.6 Å². The van der Waals surface area contributed by atoms with Crippen molar-refractivity contribution in [3.63, 3.8) is 0 Å². The summed E-state index contributed by atoms with van der Waals surface area (Å²) >= 11 is 0. The summed E-state index contributed by atoms with van der Waals surface area (Å²) in [6, 6.07) is 3.97. The van der Waals surface area contributed by atoms with E-state index >= 15 is 0 Å². The molecule has 0 fully saturated rings. The summed E-state index contributed by atoms with van der Waals surface area (Å²) in [5.74, 6) is 4.22. The topological polar surface area (TPSA) is 80.3 Å². The summed E-state index contributed by atoms with van der Waals surface area (Å²) in [5, 5.41) is 14.7. The molecular formula is C15H25IN6O. The summed E-state index contributed by atoms with van der Waals surface area (Å²) in [5.41, 5.74) is 0. The second kappa shape index (κ2) is 8.90. The number of nitrogens with one attached hydrogen (secondary N) is 2. The Morgan fingerprint density at radius 3 is 2.61 bits per heavy atom. The molecule has 0 aliphatic heterocycles. The van der Waals surface area contributed by atoms with E-state index in [9.17, 15) is 0 Å². The smallest absolute Gasteiger partial charge is 0.192 e. The van der Waals surface area contributed by atoms with Crippen molar-refractivity contribution in [2.24, 2.45) is 12.0 Å². The SMILES string of the molecule is CCNC(=NCc1nnc(C)n1C)NC(C)c1ccc(C)o1.I. The van der Waals surface area contributed by atoms with Gasteiger partial charge >= 0.3 is 0 Å². The number of nitrogens with zero attached hydrogens (tertiary/aromatic N) is 4. The van der Waals surface area contributed by atoms with Gasteiger partial charge in [0.2, 0.25) is 0 Å². The molecule has 0 amide bonds. The Bertz CT molecular complexity index is 648. The highest BCUT2D eigenvalue weighted by atomic mass is 127. The Labute approximate surface area is 154 Å². The molecule has 7 nitrogen and oxygen atoms in total. The number of aryl methyl sites for hydroxylation is 2. The number of furan rings is 1. The number of aromatic nitrogens is 3. The van der Waals surface area contributed by atoms with Gasteiger partial charge in [-0.2, -0.15) is 0 Å². The molecule has 128 valence electrons. The first kappa shape index (κ1) is 19.5. The molecule has 0 saturated heterocycles. The second-order valence-electron chi connectivity index (χ2n) is 5.23. The van der Waals surface area contributed by atoms with E-state index in [-0.39, 0.29) is 30.0 Å². The van der Waals surface area contributed by atoms with Crippen molar-refractivity contribution >= 4 is 29.9 Å². The van der Waals surface area contributed by atoms with Gasteiger partial charge in [0.1, 0.15) is 23.9 Å². The van der Waals surface area contributed by atoms with Gasteiger partial charge in [-0.3, -0.25) is 0 Å². The normalized spacial score (nSPS) is 12.7. The third kappa shape index (κ3) is 5.22. The van der Waals surface area contributed by atoms with Crippen LogP contribution in [0.3, 0.4) is 0 Å². The molecule has 1 unspecified atom stereocenters. The second-order valence-corrected chi connectivity index (χ2v) is 5.23. The van der Waals surface area contributed by atoms with Crippen LogP contribution >= 0.6 is 24.0 Å². The predicted molar refractivity (Wildman–Crippen MR) is 101 cm³/mol. The molecule has 2 N–H and O–H groups in total. The Morgan fingerprint density at radius 2 is 2.09 bits per heavy atom. The highest BCUT2D eigenvalue weighted by Gasteiger charge is 2.11. The lowest BCUT2D eigenvalue weighted by atomic mass is 10.2. The Kier molecular flexibility index (Phi) is 7.53. The number of halogens is 1. The van der Waals surface area contributed by atoms with E-state index < -0.39 is 0 Å². The van der Waals surface area contributed by atoms with Crippen molar-refractivity contribution in [3.8, 4) is 0 Å². The quantitative estimate of drug-likeness (QED) is 0.431. The van der Waals surface area contributed by atoms with Crippen LogP contribution in [0, 0.1) is 13.8 Å². The minimum atomic E-state index is 0. The highest BCUT2D eigenvalue weighted by molar-refractivity contribution is 14.0. The molecule has 8 heteroatoms. The molecule has 23 heavy (non-hydrogen) atoms. The molecular weight excluding hydrogens is 407 g/mol. The highest BCUT2D eigenvalue weighted by Crippen LogP contribution is 2.15. The number of guanidine groups is 1. The largest absolute Gasteiger partial charge is 0.464 e. The fraction of sp³-hybridized carbons (Fsp3) is 0.533. The number of aliphatic imine (C=N–C) groups is 1. The van der Waals surface area contributed by atoms with Gasteiger partial charge in [-0.1, -0.05) is 0 Å². The van der Waals surface area contributed by atoms with Crippen LogP contribution in [0.2, 0.25) is 0 Å². The van der Waals surface area contributed by atoms with Crippen molar-refractivity contribution in [3.05, 3.63) is 35.3 Å². The molecule has 1 atom stereocenters. The molecule has 2 heterocycles. The lowest BCUT2D eigenvalue weighted by molar-refractivity contribution is 0.441. The van der Waals surface area contributed by atoms with Crippen molar-refractivity contribution in [2.45, 2.75) is 40.3 Å². The first-order valence-corrected chi connectivity index (χ1v) is 7.47. The van der Waals surface area contributed by atoms with E-state index in [1.54, 1.807) is 0 Å². The van der Waals surface area contributed by atoms with Gasteiger partial charge in [0, 0.05) is 13.6 Å². The fourth-order valence-electron chi connectivity index (χ4n) is 2.02. The Balaban J connectivity index is 0.00000264. The molecule has 0 aliphatic rings. The van der Waals surface area contributed by atoms with E-state index in [0.717, 1.165) is 35.7 Å². The van der Waals surface area contributed by atoms with Gasteiger partial charge in [0.05, 0.1) is 6.04 Å². The third-order valence-electron chi connectivity index (χ3n) is 3.45. The number of rotatable bonds is 5. The van der Waals surface area contributed by atoms with E-state index in [0.29, 0.717) is 6.54 Å². The number of hydrogen-bond donors (Lipinski definition) is 2. The molecule has 0 saturated carbocycles. The van der Waals surface area contributed by atoms with Crippen LogP contribution in [0.4, 0.5) is 0 Å². The maximum absolute atomic E-state index is 5.64. The summed E-state index contributed by atoms with van der Waals surface area (Å²) in [6.45, 7) is 9.18. The Hall–Kier alpha value is -1.58. The van der Waals surface area contributed by atoms with Crippen molar-refractivity contribution < 1.29 is 4.42 Å². The molecule has 0 radical (unpaired) electrons. The maximum Gasteiger partial charge on any atom is 0.192 e. The third-order valence-corrected chi connectivity index (χ3v) is 3.45. The summed E-state index contributed by atoms with van der Waals surface area (Å²) in [6.07, 6.45) is 0. The first-order valence-electron chi connectivity index (χ1n) is 7.47. The molecule has 0 spiro atoms. The molecule has 2 aromatic rings. The van der Waals surface area contributed by atoms with E-state index in [1.807, 2.05) is 51.4 Å². The van der Waals surface area contributed by atoms with Crippen LogP contribution in [0.5, 0.6) is 0 Å². The van der Waals surface area contributed by atoms with E-state index in [4.69, 9.17) is 4.42 Å². The lowest BCUT2D eigenvalue weighted by Gasteiger charge is -2.16. The van der Waals surface area contributed by atoms with Gasteiger partial charge in [-0.25, -0.2) is 4.99 Å². The van der Waals surface area contributed by atoms with Crippen molar-refractivity contribution in [2.75, 3.05) is 6.54 Å². The monoisotopic (exact) mass is 432 g/mol. The number of hydrogen-bond acceptors (Lipinski definition) is 4. The zero-order valence-electron chi connectivity index (χ0n) is 14.3. The standard InChI is InChI=1S/C15H24N6O.HI/c1-6-16-15(17-9-14-20-19-12(4)21(14)5)18-11(3)13-8-7-10(2)22-13;/h7-8,11H,6,9H2,1-5H3,(H2,16,17,18);1H. The summed E-state index contributed by atoms with van der Waals surface area (Å²) in [7, 11) is 1.94.